The second-order valence-corrected chi connectivity index (χ2v) is 11.1. The highest BCUT2D eigenvalue weighted by Crippen LogP contribution is 2.56. The summed E-state index contributed by atoms with van der Waals surface area (Å²) < 4.78 is 11.3. The Balaban J connectivity index is 2.50. The van der Waals surface area contributed by atoms with Gasteiger partial charge in [0.05, 0.1) is 21.3 Å². The number of anilines is 1. The maximum absolute atomic E-state index is 11.8. The first kappa shape index (κ1) is 20.3. The first-order valence-corrected chi connectivity index (χ1v) is 11.8. The van der Waals surface area contributed by atoms with Crippen LogP contribution in [0.1, 0.15) is 11.3 Å². The number of aromatic nitrogens is 1. The molecule has 128 valence electrons. The van der Waals surface area contributed by atoms with Gasteiger partial charge >= 0.3 is 6.00 Å². The van der Waals surface area contributed by atoms with Gasteiger partial charge in [0.2, 0.25) is 0 Å². The van der Waals surface area contributed by atoms with Gasteiger partial charge in [-0.15, -0.1) is 11.3 Å². The number of halogens is 6. The number of hydrogen-bond acceptors (Lipinski definition) is 4. The molecule has 12 heteroatoms. The normalized spacial score (nSPS) is 12.3. The van der Waals surface area contributed by atoms with E-state index in [1.807, 2.05) is 0 Å². The van der Waals surface area contributed by atoms with Gasteiger partial charge in [0.15, 0.2) is 5.13 Å². The zero-order valence-electron chi connectivity index (χ0n) is 11.2. The van der Waals surface area contributed by atoms with E-state index in [1.54, 1.807) is 0 Å². The van der Waals surface area contributed by atoms with E-state index in [2.05, 4.69) is 10.1 Å². The Labute approximate surface area is 170 Å². The van der Waals surface area contributed by atoms with E-state index in [1.165, 1.54) is 23.6 Å². The third-order valence-corrected chi connectivity index (χ3v) is 5.83. The van der Waals surface area contributed by atoms with E-state index >= 15 is 0 Å². The molecule has 0 aliphatic rings. The van der Waals surface area contributed by atoms with Crippen LogP contribution in [0.4, 0.5) is 5.13 Å². The fraction of sp³-hybridized carbons (Fsp3) is 0. The van der Waals surface area contributed by atoms with E-state index in [4.69, 9.17) is 68.9 Å². The van der Waals surface area contributed by atoms with Gasteiger partial charge < -0.3 is 0 Å². The first-order chi connectivity index (χ1) is 11.1. The topological polar surface area (TPSA) is 59.1 Å². The summed E-state index contributed by atoms with van der Waals surface area (Å²) in [7, 11) is 0. The minimum Gasteiger partial charge on any atom is -0.288 e. The number of allylic oxidation sites excluding steroid dienone is 1. The van der Waals surface area contributed by atoms with Crippen LogP contribution in [0.25, 0.3) is 11.6 Å². The molecule has 2 rings (SSSR count). The highest BCUT2D eigenvalue weighted by Gasteiger charge is 2.19. The lowest BCUT2D eigenvalue weighted by Gasteiger charge is -2.06. The van der Waals surface area contributed by atoms with Crippen molar-refractivity contribution >= 4 is 108 Å². The average Bonchev–Trinajstić information content (AvgIpc) is 2.88. The maximum Gasteiger partial charge on any atom is 0.345 e. The Morgan fingerprint density at radius 2 is 1.83 bits per heavy atom. The molecule has 1 heterocycles. The molecule has 2 aromatic rings. The Morgan fingerprint density at radius 3 is 2.42 bits per heavy atom. The van der Waals surface area contributed by atoms with Crippen molar-refractivity contribution in [1.29, 1.82) is 0 Å². The first-order valence-electron chi connectivity index (χ1n) is 5.87. The summed E-state index contributed by atoms with van der Waals surface area (Å²) >= 11 is 35.7. The van der Waals surface area contributed by atoms with Crippen molar-refractivity contribution in [3.05, 3.63) is 43.8 Å². The van der Waals surface area contributed by atoms with E-state index in [0.717, 1.165) is 11.3 Å². The van der Waals surface area contributed by atoms with Crippen molar-refractivity contribution in [3.8, 4) is 0 Å². The lowest BCUT2D eigenvalue weighted by atomic mass is 10.1. The number of carbonyl (C=O) groups excluding carboxylic acids is 1. The molecule has 0 aliphatic heterocycles. The minimum atomic E-state index is -3.57. The lowest BCUT2D eigenvalue weighted by molar-refractivity contribution is -0.106. The zero-order valence-corrected chi connectivity index (χ0v) is 17.4. The molecule has 0 saturated carbocycles. The molecule has 0 unspecified atom stereocenters. The molecule has 0 aliphatic carbocycles. The summed E-state index contributed by atoms with van der Waals surface area (Å²) in [6, 6.07) is 3.05. The quantitative estimate of drug-likeness (QED) is 0.208. The van der Waals surface area contributed by atoms with E-state index in [-0.39, 0.29) is 31.5 Å². The maximum atomic E-state index is 11.8. The SMILES string of the molecule is O=C(Cl)/C(=C\c1c(Cl)ccc(Cl)c1Cl)c1csc(NP(=O)(Cl)Cl)n1. The fourth-order valence-corrected chi connectivity index (χ4v) is 4.61. The largest absolute Gasteiger partial charge is 0.345 e. The highest BCUT2D eigenvalue weighted by molar-refractivity contribution is 8.09. The monoisotopic (exact) mass is 482 g/mol. The fourth-order valence-electron chi connectivity index (χ4n) is 1.61. The lowest BCUT2D eigenvalue weighted by Crippen LogP contribution is -1.95. The van der Waals surface area contributed by atoms with Gasteiger partial charge in [-0.2, -0.15) is 0 Å². The van der Waals surface area contributed by atoms with Crippen LogP contribution < -0.4 is 5.09 Å². The van der Waals surface area contributed by atoms with Gasteiger partial charge in [-0.05, 0) is 52.3 Å². The van der Waals surface area contributed by atoms with Gasteiger partial charge in [0, 0.05) is 16.0 Å². The van der Waals surface area contributed by atoms with Crippen molar-refractivity contribution in [1.82, 2.24) is 4.98 Å². The molecule has 0 atom stereocenters. The molecule has 24 heavy (non-hydrogen) atoms. The summed E-state index contributed by atoms with van der Waals surface area (Å²) in [5.74, 6) is -3.57. The third-order valence-electron chi connectivity index (χ3n) is 2.59. The van der Waals surface area contributed by atoms with Crippen LogP contribution >= 0.6 is 86.2 Å². The Bertz CT molecular complexity index is 878. The molecule has 1 N–H and O–H groups in total. The number of thiazole rings is 1. The predicted molar refractivity (Wildman–Crippen MR) is 105 cm³/mol. The van der Waals surface area contributed by atoms with Gasteiger partial charge in [0.25, 0.3) is 5.24 Å². The molecule has 4 nitrogen and oxygen atoms in total. The molecule has 0 amide bonds. The van der Waals surface area contributed by atoms with Crippen molar-refractivity contribution in [2.75, 3.05) is 5.09 Å². The molecule has 0 fully saturated rings. The smallest absolute Gasteiger partial charge is 0.288 e. The van der Waals surface area contributed by atoms with Crippen LogP contribution in [0.3, 0.4) is 0 Å². The van der Waals surface area contributed by atoms with Crippen molar-refractivity contribution in [2.24, 2.45) is 0 Å². The Morgan fingerprint density at radius 1 is 1.21 bits per heavy atom. The van der Waals surface area contributed by atoms with Crippen LogP contribution in [0, 0.1) is 0 Å². The van der Waals surface area contributed by atoms with Crippen LogP contribution in [-0.2, 0) is 9.36 Å². The van der Waals surface area contributed by atoms with Crippen molar-refractivity contribution in [3.63, 3.8) is 0 Å². The van der Waals surface area contributed by atoms with Gasteiger partial charge in [-0.1, -0.05) is 34.8 Å². The number of rotatable bonds is 5. The zero-order chi connectivity index (χ0) is 18.1. The van der Waals surface area contributed by atoms with E-state index in [9.17, 15) is 9.36 Å². The third kappa shape index (κ3) is 5.26. The molecular formula is C12H5Cl6N2O2PS. The number of hydrogen-bond donors (Lipinski definition) is 1. The summed E-state index contributed by atoms with van der Waals surface area (Å²) in [4.78, 5) is 15.8. The van der Waals surface area contributed by atoms with Crippen LogP contribution in [0.2, 0.25) is 15.1 Å². The number of carbonyl (C=O) groups is 1. The Kier molecular flexibility index (Phi) is 6.91. The molecule has 0 saturated heterocycles. The summed E-state index contributed by atoms with van der Waals surface area (Å²) in [5.41, 5.74) is 0.542. The summed E-state index contributed by atoms with van der Waals surface area (Å²) in [5, 5.41) is 3.91. The molecule has 1 aromatic heterocycles. The van der Waals surface area contributed by atoms with E-state index < -0.39 is 11.2 Å². The summed E-state index contributed by atoms with van der Waals surface area (Å²) in [6.45, 7) is 0. The number of nitrogens with zero attached hydrogens (tertiary/aromatic N) is 1. The number of benzene rings is 1. The highest BCUT2D eigenvalue weighted by atomic mass is 35.9. The van der Waals surface area contributed by atoms with Crippen LogP contribution in [0.15, 0.2) is 17.5 Å². The van der Waals surface area contributed by atoms with Crippen molar-refractivity contribution in [2.45, 2.75) is 0 Å². The van der Waals surface area contributed by atoms with Crippen LogP contribution in [-0.4, -0.2) is 10.2 Å². The van der Waals surface area contributed by atoms with Crippen molar-refractivity contribution < 1.29 is 9.36 Å². The Hall–Kier alpha value is 0.0300. The minimum absolute atomic E-state index is 0.0195. The second kappa shape index (κ2) is 8.15. The van der Waals surface area contributed by atoms with Crippen LogP contribution in [0.5, 0.6) is 0 Å². The number of nitrogens with one attached hydrogen (secondary N) is 1. The van der Waals surface area contributed by atoms with Gasteiger partial charge in [-0.25, -0.2) is 4.98 Å². The standard InChI is InChI=1S/C12H5Cl6N2O2PS/c13-7-1-2-8(14)10(15)5(7)3-6(11(16)21)9-4-24-12(19-9)20-23(17,18)22/h1-4H,(H,19,20,22)/b6-3-. The average molecular weight is 485 g/mol. The molecule has 0 radical (unpaired) electrons. The molecule has 0 bridgehead atoms. The molecule has 1 aromatic carbocycles. The predicted octanol–water partition coefficient (Wildman–Crippen LogP) is 7.41. The molecule has 0 spiro atoms. The molecular weight excluding hydrogens is 480 g/mol. The van der Waals surface area contributed by atoms with E-state index in [0.29, 0.717) is 5.56 Å². The summed E-state index contributed by atoms with van der Waals surface area (Å²) in [6.07, 6.45) is 1.37. The van der Waals surface area contributed by atoms with Gasteiger partial charge in [0.1, 0.15) is 0 Å². The second-order valence-electron chi connectivity index (χ2n) is 4.20. The van der Waals surface area contributed by atoms with Gasteiger partial charge in [-0.3, -0.25) is 14.4 Å².